The van der Waals surface area contributed by atoms with Gasteiger partial charge in [-0.1, -0.05) is 17.4 Å². The SMILES string of the molecule is Cc1csc(=O)n1CCC(=O)NCCCn1nc2ccccn2c1=O. The van der Waals surface area contributed by atoms with E-state index in [2.05, 4.69) is 10.4 Å². The van der Waals surface area contributed by atoms with Crippen molar-refractivity contribution in [2.24, 2.45) is 0 Å². The van der Waals surface area contributed by atoms with Crippen molar-refractivity contribution in [3.8, 4) is 0 Å². The molecule has 0 atom stereocenters. The molecule has 0 saturated carbocycles. The van der Waals surface area contributed by atoms with Crippen LogP contribution in [0.3, 0.4) is 0 Å². The Morgan fingerprint density at radius 3 is 2.84 bits per heavy atom. The van der Waals surface area contributed by atoms with E-state index in [1.165, 1.54) is 9.08 Å². The molecule has 3 aromatic rings. The van der Waals surface area contributed by atoms with E-state index in [9.17, 15) is 14.4 Å². The van der Waals surface area contributed by atoms with Gasteiger partial charge in [-0.15, -0.1) is 5.10 Å². The van der Waals surface area contributed by atoms with E-state index in [0.29, 0.717) is 31.7 Å². The monoisotopic (exact) mass is 361 g/mol. The van der Waals surface area contributed by atoms with E-state index >= 15 is 0 Å². The predicted molar refractivity (Wildman–Crippen MR) is 95.0 cm³/mol. The summed E-state index contributed by atoms with van der Waals surface area (Å²) in [6.07, 6.45) is 2.54. The first kappa shape index (κ1) is 17.2. The molecule has 0 bridgehead atoms. The lowest BCUT2D eigenvalue weighted by molar-refractivity contribution is -0.121. The molecule has 132 valence electrons. The summed E-state index contributed by atoms with van der Waals surface area (Å²) in [7, 11) is 0. The number of aromatic nitrogens is 4. The molecule has 0 unspecified atom stereocenters. The molecule has 9 heteroatoms. The molecule has 3 heterocycles. The maximum absolute atomic E-state index is 12.1. The Kier molecular flexibility index (Phi) is 5.13. The normalized spacial score (nSPS) is 11.1. The second-order valence-corrected chi connectivity index (χ2v) is 6.50. The zero-order valence-electron chi connectivity index (χ0n) is 13.8. The van der Waals surface area contributed by atoms with Crippen molar-refractivity contribution in [3.63, 3.8) is 0 Å². The molecule has 1 amide bonds. The number of thiazole rings is 1. The molecule has 3 aromatic heterocycles. The first-order valence-corrected chi connectivity index (χ1v) is 8.90. The Morgan fingerprint density at radius 2 is 2.12 bits per heavy atom. The number of pyridine rings is 1. The van der Waals surface area contributed by atoms with Gasteiger partial charge < -0.3 is 9.88 Å². The Hall–Kier alpha value is -2.68. The van der Waals surface area contributed by atoms with E-state index < -0.39 is 0 Å². The highest BCUT2D eigenvalue weighted by atomic mass is 32.1. The molecule has 0 fully saturated rings. The standard InChI is InChI=1S/C16H19N5O3S/c1-12-11-25-16(24)19(12)10-6-14(22)17-7-4-9-21-15(23)20-8-3-2-5-13(20)18-21/h2-3,5,8,11H,4,6-7,9-10H2,1H3,(H,17,22). The van der Waals surface area contributed by atoms with Crippen molar-refractivity contribution in [2.75, 3.05) is 6.54 Å². The van der Waals surface area contributed by atoms with Crippen LogP contribution in [0.5, 0.6) is 0 Å². The number of amides is 1. The number of nitrogens with one attached hydrogen (secondary N) is 1. The molecule has 0 aliphatic rings. The van der Waals surface area contributed by atoms with Crippen LogP contribution in [0, 0.1) is 6.92 Å². The minimum atomic E-state index is -0.186. The van der Waals surface area contributed by atoms with E-state index in [4.69, 9.17) is 0 Å². The number of carbonyl (C=O) groups is 1. The Balaban J connectivity index is 1.45. The van der Waals surface area contributed by atoms with Crippen LogP contribution in [0.2, 0.25) is 0 Å². The summed E-state index contributed by atoms with van der Waals surface area (Å²) in [6.45, 7) is 3.12. The van der Waals surface area contributed by atoms with Crippen molar-refractivity contribution in [1.82, 2.24) is 24.1 Å². The molecule has 8 nitrogen and oxygen atoms in total. The van der Waals surface area contributed by atoms with Gasteiger partial charge in [-0.2, -0.15) is 0 Å². The number of hydrogen-bond acceptors (Lipinski definition) is 5. The van der Waals surface area contributed by atoms with Crippen molar-refractivity contribution >= 4 is 22.9 Å². The average molecular weight is 361 g/mol. The number of hydrogen-bond donors (Lipinski definition) is 1. The maximum Gasteiger partial charge on any atom is 0.350 e. The minimum absolute atomic E-state index is 0.0449. The Morgan fingerprint density at radius 1 is 1.28 bits per heavy atom. The fourth-order valence-corrected chi connectivity index (χ4v) is 3.31. The fraction of sp³-hybridized carbons (Fsp3) is 0.375. The van der Waals surface area contributed by atoms with Gasteiger partial charge in [0.05, 0.1) is 0 Å². The smallest absolute Gasteiger partial charge is 0.350 e. The highest BCUT2D eigenvalue weighted by Gasteiger charge is 2.07. The average Bonchev–Trinajstić information content (AvgIpc) is 3.10. The van der Waals surface area contributed by atoms with Gasteiger partial charge in [0, 0.05) is 43.3 Å². The van der Waals surface area contributed by atoms with Gasteiger partial charge in [0.1, 0.15) is 0 Å². The van der Waals surface area contributed by atoms with Crippen LogP contribution in [0.4, 0.5) is 0 Å². The third-order valence-electron chi connectivity index (χ3n) is 3.90. The van der Waals surface area contributed by atoms with Gasteiger partial charge in [0.15, 0.2) is 5.65 Å². The largest absolute Gasteiger partial charge is 0.356 e. The van der Waals surface area contributed by atoms with E-state index in [-0.39, 0.29) is 22.9 Å². The van der Waals surface area contributed by atoms with E-state index in [1.807, 2.05) is 13.0 Å². The number of aryl methyl sites for hydroxylation is 2. The molecule has 0 aromatic carbocycles. The number of nitrogens with zero attached hydrogens (tertiary/aromatic N) is 4. The third-order valence-corrected chi connectivity index (χ3v) is 4.78. The Bertz CT molecular complexity index is 997. The summed E-state index contributed by atoms with van der Waals surface area (Å²) >= 11 is 1.14. The van der Waals surface area contributed by atoms with E-state index in [1.54, 1.807) is 28.3 Å². The van der Waals surface area contributed by atoms with Gasteiger partial charge in [-0.3, -0.25) is 14.0 Å². The quantitative estimate of drug-likeness (QED) is 0.625. The molecule has 0 aliphatic heterocycles. The summed E-state index contributed by atoms with van der Waals surface area (Å²) in [6, 6.07) is 5.38. The number of carbonyl (C=O) groups excluding carboxylic acids is 1. The van der Waals surface area contributed by atoms with Crippen LogP contribution in [0.15, 0.2) is 39.4 Å². The van der Waals surface area contributed by atoms with Crippen molar-refractivity contribution in [3.05, 3.63) is 55.6 Å². The van der Waals surface area contributed by atoms with Gasteiger partial charge in [-0.05, 0) is 25.5 Å². The molecule has 0 spiro atoms. The lowest BCUT2D eigenvalue weighted by Crippen LogP contribution is -2.29. The van der Waals surface area contributed by atoms with Crippen LogP contribution in [-0.2, 0) is 17.9 Å². The number of fused-ring (bicyclic) bond motifs is 1. The van der Waals surface area contributed by atoms with Crippen LogP contribution in [0.25, 0.3) is 5.65 Å². The molecular weight excluding hydrogens is 342 g/mol. The topological polar surface area (TPSA) is 90.4 Å². The van der Waals surface area contributed by atoms with Crippen LogP contribution in [0.1, 0.15) is 18.5 Å². The van der Waals surface area contributed by atoms with Crippen molar-refractivity contribution < 1.29 is 4.79 Å². The van der Waals surface area contributed by atoms with Gasteiger partial charge in [-0.25, -0.2) is 9.48 Å². The van der Waals surface area contributed by atoms with Crippen LogP contribution >= 0.6 is 11.3 Å². The van der Waals surface area contributed by atoms with Crippen molar-refractivity contribution in [2.45, 2.75) is 32.9 Å². The van der Waals surface area contributed by atoms with Gasteiger partial charge in [0.25, 0.3) is 0 Å². The second kappa shape index (κ2) is 7.47. The second-order valence-electron chi connectivity index (χ2n) is 5.68. The highest BCUT2D eigenvalue weighted by Crippen LogP contribution is 2.00. The third kappa shape index (κ3) is 3.87. The molecule has 0 aliphatic carbocycles. The highest BCUT2D eigenvalue weighted by molar-refractivity contribution is 7.07. The van der Waals surface area contributed by atoms with E-state index in [0.717, 1.165) is 17.0 Å². The molecule has 0 radical (unpaired) electrons. The lowest BCUT2D eigenvalue weighted by Gasteiger charge is -2.06. The molecule has 1 N–H and O–H groups in total. The number of rotatable bonds is 7. The van der Waals surface area contributed by atoms with Crippen LogP contribution in [-0.4, -0.2) is 31.2 Å². The summed E-state index contributed by atoms with van der Waals surface area (Å²) in [4.78, 5) is 35.5. The summed E-state index contributed by atoms with van der Waals surface area (Å²) < 4.78 is 4.48. The lowest BCUT2D eigenvalue weighted by atomic mass is 10.3. The zero-order valence-corrected chi connectivity index (χ0v) is 14.7. The first-order valence-electron chi connectivity index (χ1n) is 8.02. The maximum atomic E-state index is 12.1. The molecular formula is C16H19N5O3S. The van der Waals surface area contributed by atoms with Crippen LogP contribution < -0.4 is 15.9 Å². The summed E-state index contributed by atoms with van der Waals surface area (Å²) in [5.74, 6) is -0.111. The zero-order chi connectivity index (χ0) is 17.8. The predicted octanol–water partition coefficient (Wildman–Crippen LogP) is 0.624. The van der Waals surface area contributed by atoms with Gasteiger partial charge >= 0.3 is 10.6 Å². The fourth-order valence-electron chi connectivity index (χ4n) is 2.55. The summed E-state index contributed by atoms with van der Waals surface area (Å²) in [5.41, 5.74) is 1.29. The minimum Gasteiger partial charge on any atom is -0.356 e. The Labute approximate surface area is 147 Å². The first-order chi connectivity index (χ1) is 12.1. The van der Waals surface area contributed by atoms with Crippen molar-refractivity contribution in [1.29, 1.82) is 0 Å². The molecule has 25 heavy (non-hydrogen) atoms. The summed E-state index contributed by atoms with van der Waals surface area (Å²) in [5, 5.41) is 8.83. The molecule has 3 rings (SSSR count). The van der Waals surface area contributed by atoms with Gasteiger partial charge in [0.2, 0.25) is 5.91 Å². The molecule has 0 saturated heterocycles.